The summed E-state index contributed by atoms with van der Waals surface area (Å²) in [6, 6.07) is 6.60. The molecule has 0 aliphatic carbocycles. The van der Waals surface area contributed by atoms with Gasteiger partial charge in [0.25, 0.3) is 0 Å². The predicted octanol–water partition coefficient (Wildman–Crippen LogP) is 6.12. The first-order valence-electron chi connectivity index (χ1n) is 9.16. The Hall–Kier alpha value is -1.18. The van der Waals surface area contributed by atoms with Crippen LogP contribution in [-0.4, -0.2) is 12.1 Å². The van der Waals surface area contributed by atoms with E-state index in [0.717, 1.165) is 12.4 Å². The molecule has 0 fully saturated rings. The standard InChI is InChI=1S/C20H33NO/c1-5-8-10-16-15-20(4,13-9-6-2)21-19-12-11-17(22-7-3)14-18(16)19/h11-12,14,16,21H,5-10,13,15H2,1-4H3. The van der Waals surface area contributed by atoms with Gasteiger partial charge in [0, 0.05) is 11.2 Å². The molecule has 1 aromatic carbocycles. The third-order valence-electron chi connectivity index (χ3n) is 4.90. The van der Waals surface area contributed by atoms with E-state index in [4.69, 9.17) is 4.74 Å². The summed E-state index contributed by atoms with van der Waals surface area (Å²) in [6.07, 6.45) is 8.96. The fourth-order valence-electron chi connectivity index (χ4n) is 3.72. The van der Waals surface area contributed by atoms with Gasteiger partial charge in [0.15, 0.2) is 0 Å². The Bertz CT molecular complexity index is 471. The molecule has 2 atom stereocenters. The number of hydrogen-bond acceptors (Lipinski definition) is 2. The topological polar surface area (TPSA) is 21.3 Å². The van der Waals surface area contributed by atoms with Gasteiger partial charge in [0.1, 0.15) is 5.75 Å². The molecule has 0 amide bonds. The van der Waals surface area contributed by atoms with Crippen LogP contribution in [-0.2, 0) is 0 Å². The highest BCUT2D eigenvalue weighted by Gasteiger charge is 2.34. The van der Waals surface area contributed by atoms with Crippen molar-refractivity contribution < 1.29 is 4.74 Å². The zero-order valence-electron chi connectivity index (χ0n) is 14.9. The number of fused-ring (bicyclic) bond motifs is 1. The lowest BCUT2D eigenvalue weighted by Crippen LogP contribution is -2.40. The van der Waals surface area contributed by atoms with Crippen molar-refractivity contribution in [2.75, 3.05) is 11.9 Å². The van der Waals surface area contributed by atoms with Gasteiger partial charge in [0.2, 0.25) is 0 Å². The van der Waals surface area contributed by atoms with Crippen molar-refractivity contribution in [2.45, 2.75) is 84.1 Å². The summed E-state index contributed by atoms with van der Waals surface area (Å²) in [5, 5.41) is 3.83. The quantitative estimate of drug-likeness (QED) is 0.624. The minimum atomic E-state index is 0.245. The lowest BCUT2D eigenvalue weighted by molar-refractivity contribution is 0.335. The molecule has 1 N–H and O–H groups in total. The summed E-state index contributed by atoms with van der Waals surface area (Å²) in [7, 11) is 0. The average Bonchev–Trinajstić information content (AvgIpc) is 2.51. The van der Waals surface area contributed by atoms with E-state index in [1.807, 2.05) is 6.92 Å². The van der Waals surface area contributed by atoms with Crippen LogP contribution in [0.3, 0.4) is 0 Å². The Morgan fingerprint density at radius 3 is 2.64 bits per heavy atom. The third-order valence-corrected chi connectivity index (χ3v) is 4.90. The van der Waals surface area contributed by atoms with Crippen LogP contribution in [0, 0.1) is 0 Å². The SMILES string of the molecule is CCCCC1CC(C)(CCCC)Nc2ccc(OCC)cc21. The maximum Gasteiger partial charge on any atom is 0.119 e. The smallest absolute Gasteiger partial charge is 0.119 e. The summed E-state index contributed by atoms with van der Waals surface area (Å²) in [6.45, 7) is 9.76. The van der Waals surface area contributed by atoms with Crippen molar-refractivity contribution in [3.05, 3.63) is 23.8 Å². The molecule has 22 heavy (non-hydrogen) atoms. The average molecular weight is 303 g/mol. The van der Waals surface area contributed by atoms with Gasteiger partial charge in [-0.1, -0.05) is 39.5 Å². The second-order valence-electron chi connectivity index (χ2n) is 7.01. The molecule has 1 aromatic rings. The van der Waals surface area contributed by atoms with Crippen LogP contribution in [0.5, 0.6) is 5.75 Å². The Kier molecular flexibility index (Phi) is 6.16. The first-order chi connectivity index (χ1) is 10.6. The number of benzene rings is 1. The van der Waals surface area contributed by atoms with Gasteiger partial charge in [-0.3, -0.25) is 0 Å². The van der Waals surface area contributed by atoms with Crippen LogP contribution in [0.4, 0.5) is 5.69 Å². The van der Waals surface area contributed by atoms with E-state index >= 15 is 0 Å². The van der Waals surface area contributed by atoms with E-state index in [1.54, 1.807) is 0 Å². The maximum atomic E-state index is 5.71. The zero-order valence-corrected chi connectivity index (χ0v) is 14.9. The van der Waals surface area contributed by atoms with Crippen molar-refractivity contribution in [3.63, 3.8) is 0 Å². The zero-order chi connectivity index (χ0) is 16.0. The highest BCUT2D eigenvalue weighted by molar-refractivity contribution is 5.59. The van der Waals surface area contributed by atoms with Crippen LogP contribution in [0.2, 0.25) is 0 Å². The Morgan fingerprint density at radius 2 is 1.95 bits per heavy atom. The van der Waals surface area contributed by atoms with Crippen LogP contribution >= 0.6 is 0 Å². The summed E-state index contributed by atoms with van der Waals surface area (Å²) >= 11 is 0. The van der Waals surface area contributed by atoms with Crippen molar-refractivity contribution in [2.24, 2.45) is 0 Å². The molecule has 2 heteroatoms. The lowest BCUT2D eigenvalue weighted by atomic mass is 9.75. The lowest BCUT2D eigenvalue weighted by Gasteiger charge is -2.42. The Balaban J connectivity index is 2.25. The van der Waals surface area contributed by atoms with E-state index in [9.17, 15) is 0 Å². The van der Waals surface area contributed by atoms with Crippen LogP contribution in [0.1, 0.15) is 84.1 Å². The fourth-order valence-corrected chi connectivity index (χ4v) is 3.72. The van der Waals surface area contributed by atoms with Crippen LogP contribution < -0.4 is 10.1 Å². The molecule has 0 saturated heterocycles. The third kappa shape index (κ3) is 4.18. The molecule has 0 aromatic heterocycles. The maximum absolute atomic E-state index is 5.71. The molecule has 0 bridgehead atoms. The number of ether oxygens (including phenoxy) is 1. The van der Waals surface area contributed by atoms with Gasteiger partial charge in [-0.2, -0.15) is 0 Å². The van der Waals surface area contributed by atoms with Gasteiger partial charge < -0.3 is 10.1 Å². The summed E-state index contributed by atoms with van der Waals surface area (Å²) in [4.78, 5) is 0. The molecule has 124 valence electrons. The number of hydrogen-bond donors (Lipinski definition) is 1. The number of nitrogens with one attached hydrogen (secondary N) is 1. The summed E-state index contributed by atoms with van der Waals surface area (Å²) in [5.41, 5.74) is 3.04. The first-order valence-corrected chi connectivity index (χ1v) is 9.16. The van der Waals surface area contributed by atoms with E-state index in [0.29, 0.717) is 5.92 Å². The van der Waals surface area contributed by atoms with Crippen molar-refractivity contribution >= 4 is 5.69 Å². The first kappa shape index (κ1) is 17.2. The number of unbranched alkanes of at least 4 members (excludes halogenated alkanes) is 2. The van der Waals surface area contributed by atoms with Gasteiger partial charge in [0.05, 0.1) is 6.61 Å². The highest BCUT2D eigenvalue weighted by Crippen LogP contribution is 2.44. The monoisotopic (exact) mass is 303 g/mol. The number of rotatable bonds is 8. The molecule has 0 saturated carbocycles. The van der Waals surface area contributed by atoms with Crippen molar-refractivity contribution in [3.8, 4) is 5.75 Å². The highest BCUT2D eigenvalue weighted by atomic mass is 16.5. The fraction of sp³-hybridized carbons (Fsp3) is 0.700. The molecular formula is C20H33NO. The second-order valence-corrected chi connectivity index (χ2v) is 7.01. The summed E-state index contributed by atoms with van der Waals surface area (Å²) < 4.78 is 5.71. The largest absolute Gasteiger partial charge is 0.494 e. The van der Waals surface area contributed by atoms with E-state index < -0.39 is 0 Å². The normalized spacial score (nSPS) is 23.7. The molecule has 2 nitrogen and oxygen atoms in total. The molecule has 1 aliphatic heterocycles. The van der Waals surface area contributed by atoms with Gasteiger partial charge in [-0.05, 0) is 62.8 Å². The van der Waals surface area contributed by atoms with Gasteiger partial charge in [-0.25, -0.2) is 0 Å². The molecule has 0 spiro atoms. The molecule has 1 aliphatic rings. The summed E-state index contributed by atoms with van der Waals surface area (Å²) in [5.74, 6) is 1.68. The van der Waals surface area contributed by atoms with E-state index in [-0.39, 0.29) is 5.54 Å². The Labute approximate surface area is 136 Å². The van der Waals surface area contributed by atoms with E-state index in [1.165, 1.54) is 56.2 Å². The van der Waals surface area contributed by atoms with Crippen LogP contribution in [0.15, 0.2) is 18.2 Å². The molecular weight excluding hydrogens is 270 g/mol. The van der Waals surface area contributed by atoms with Crippen molar-refractivity contribution in [1.29, 1.82) is 0 Å². The van der Waals surface area contributed by atoms with Crippen molar-refractivity contribution in [1.82, 2.24) is 0 Å². The molecule has 2 unspecified atom stereocenters. The Morgan fingerprint density at radius 1 is 1.18 bits per heavy atom. The van der Waals surface area contributed by atoms with E-state index in [2.05, 4.69) is 44.3 Å². The molecule has 1 heterocycles. The van der Waals surface area contributed by atoms with Gasteiger partial charge >= 0.3 is 0 Å². The molecule has 2 rings (SSSR count). The predicted molar refractivity (Wildman–Crippen MR) is 96.0 cm³/mol. The second kappa shape index (κ2) is 7.89. The van der Waals surface area contributed by atoms with Crippen LogP contribution in [0.25, 0.3) is 0 Å². The number of anilines is 1. The minimum Gasteiger partial charge on any atom is -0.494 e. The minimum absolute atomic E-state index is 0.245. The van der Waals surface area contributed by atoms with Gasteiger partial charge in [-0.15, -0.1) is 0 Å². The molecule has 0 radical (unpaired) electrons.